The van der Waals surface area contributed by atoms with Crippen molar-refractivity contribution in [2.75, 3.05) is 7.11 Å². The third-order valence-electron chi connectivity index (χ3n) is 3.97. The van der Waals surface area contributed by atoms with E-state index < -0.39 is 0 Å². The molecule has 0 radical (unpaired) electrons. The van der Waals surface area contributed by atoms with Gasteiger partial charge in [0.15, 0.2) is 0 Å². The standard InChI is InChI=1S/C20H16N2O/c1-23-17-11-9-15(10-12-17)20-14-18-19(8-5-13-21-18)22(20)16-6-3-2-4-7-16/h2-14H,1H3. The summed E-state index contributed by atoms with van der Waals surface area (Å²) < 4.78 is 7.50. The smallest absolute Gasteiger partial charge is 0.118 e. The molecule has 0 unspecified atom stereocenters. The molecule has 2 heterocycles. The molecule has 0 atom stereocenters. The van der Waals surface area contributed by atoms with Crippen molar-refractivity contribution in [2.45, 2.75) is 0 Å². The van der Waals surface area contributed by atoms with Crippen LogP contribution in [-0.2, 0) is 0 Å². The SMILES string of the molecule is COc1ccc(-c2cc3ncccc3n2-c2ccccc2)cc1. The number of nitrogens with zero attached hydrogens (tertiary/aromatic N) is 2. The Kier molecular flexibility index (Phi) is 3.31. The van der Waals surface area contributed by atoms with E-state index in [1.807, 2.05) is 30.5 Å². The number of hydrogen-bond donors (Lipinski definition) is 0. The van der Waals surface area contributed by atoms with Crippen molar-refractivity contribution in [3.8, 4) is 22.7 Å². The van der Waals surface area contributed by atoms with Crippen LogP contribution >= 0.6 is 0 Å². The van der Waals surface area contributed by atoms with Gasteiger partial charge in [-0.1, -0.05) is 18.2 Å². The molecular formula is C20H16N2O. The summed E-state index contributed by atoms with van der Waals surface area (Å²) in [5.74, 6) is 0.856. The van der Waals surface area contributed by atoms with Crippen LogP contribution in [0.1, 0.15) is 0 Å². The molecule has 112 valence electrons. The van der Waals surface area contributed by atoms with Crippen LogP contribution in [0.25, 0.3) is 28.0 Å². The van der Waals surface area contributed by atoms with Gasteiger partial charge in [-0.3, -0.25) is 4.98 Å². The molecule has 0 N–H and O–H groups in total. The first kappa shape index (κ1) is 13.6. The Balaban J connectivity index is 1.98. The van der Waals surface area contributed by atoms with Crippen LogP contribution in [0.3, 0.4) is 0 Å². The van der Waals surface area contributed by atoms with Crippen LogP contribution in [0.5, 0.6) is 5.75 Å². The normalized spacial score (nSPS) is 10.8. The molecule has 4 aromatic rings. The van der Waals surface area contributed by atoms with Gasteiger partial charge in [-0.15, -0.1) is 0 Å². The van der Waals surface area contributed by atoms with E-state index in [1.165, 1.54) is 0 Å². The van der Waals surface area contributed by atoms with Gasteiger partial charge in [-0.2, -0.15) is 0 Å². The molecule has 0 aliphatic carbocycles. The summed E-state index contributed by atoms with van der Waals surface area (Å²) in [5.41, 5.74) is 5.47. The number of aromatic nitrogens is 2. The summed E-state index contributed by atoms with van der Waals surface area (Å²) in [6.07, 6.45) is 1.83. The summed E-state index contributed by atoms with van der Waals surface area (Å²) in [7, 11) is 1.68. The highest BCUT2D eigenvalue weighted by atomic mass is 16.5. The lowest BCUT2D eigenvalue weighted by atomic mass is 10.1. The van der Waals surface area contributed by atoms with E-state index in [0.29, 0.717) is 0 Å². The molecule has 23 heavy (non-hydrogen) atoms. The molecule has 0 spiro atoms. The second-order valence-electron chi connectivity index (χ2n) is 5.34. The number of methoxy groups -OCH3 is 1. The van der Waals surface area contributed by atoms with E-state index in [0.717, 1.165) is 33.7 Å². The van der Waals surface area contributed by atoms with Gasteiger partial charge in [-0.05, 0) is 60.2 Å². The average molecular weight is 300 g/mol. The lowest BCUT2D eigenvalue weighted by Crippen LogP contribution is -1.96. The fraction of sp³-hybridized carbons (Fsp3) is 0.0500. The Bertz CT molecular complexity index is 940. The molecule has 0 amide bonds. The first-order valence-corrected chi connectivity index (χ1v) is 7.53. The molecule has 3 nitrogen and oxygen atoms in total. The maximum atomic E-state index is 5.26. The topological polar surface area (TPSA) is 27.1 Å². The summed E-state index contributed by atoms with van der Waals surface area (Å²) in [6.45, 7) is 0. The number of benzene rings is 2. The van der Waals surface area contributed by atoms with E-state index in [-0.39, 0.29) is 0 Å². The van der Waals surface area contributed by atoms with Crippen molar-refractivity contribution in [1.82, 2.24) is 9.55 Å². The van der Waals surface area contributed by atoms with Gasteiger partial charge in [-0.25, -0.2) is 0 Å². The Morgan fingerprint density at radius 1 is 0.870 bits per heavy atom. The molecule has 0 fully saturated rings. The molecular weight excluding hydrogens is 284 g/mol. The monoisotopic (exact) mass is 300 g/mol. The van der Waals surface area contributed by atoms with Crippen LogP contribution in [0.15, 0.2) is 79.0 Å². The molecule has 3 heteroatoms. The zero-order valence-electron chi connectivity index (χ0n) is 12.8. The number of pyridine rings is 1. The molecule has 0 aliphatic heterocycles. The Hall–Kier alpha value is -3.07. The van der Waals surface area contributed by atoms with Gasteiger partial charge < -0.3 is 9.30 Å². The quantitative estimate of drug-likeness (QED) is 0.548. The summed E-state index contributed by atoms with van der Waals surface area (Å²) in [6, 6.07) is 24.7. The lowest BCUT2D eigenvalue weighted by Gasteiger charge is -2.11. The molecule has 2 aromatic carbocycles. The zero-order chi connectivity index (χ0) is 15.6. The van der Waals surface area contributed by atoms with Crippen LogP contribution < -0.4 is 4.74 Å². The zero-order valence-corrected chi connectivity index (χ0v) is 12.8. The third kappa shape index (κ3) is 2.36. The second-order valence-corrected chi connectivity index (χ2v) is 5.34. The van der Waals surface area contributed by atoms with Crippen molar-refractivity contribution >= 4 is 11.0 Å². The minimum atomic E-state index is 0.856. The summed E-state index contributed by atoms with van der Waals surface area (Å²) in [4.78, 5) is 4.50. The van der Waals surface area contributed by atoms with E-state index in [9.17, 15) is 0 Å². The maximum absolute atomic E-state index is 5.26. The van der Waals surface area contributed by atoms with Gasteiger partial charge >= 0.3 is 0 Å². The van der Waals surface area contributed by atoms with Crippen molar-refractivity contribution in [1.29, 1.82) is 0 Å². The Morgan fingerprint density at radius 3 is 2.39 bits per heavy atom. The third-order valence-corrected chi connectivity index (χ3v) is 3.97. The second kappa shape index (κ2) is 5.61. The fourth-order valence-electron chi connectivity index (χ4n) is 2.86. The predicted octanol–water partition coefficient (Wildman–Crippen LogP) is 4.70. The Morgan fingerprint density at radius 2 is 1.65 bits per heavy atom. The van der Waals surface area contributed by atoms with Crippen molar-refractivity contribution in [3.05, 3.63) is 79.0 Å². The van der Waals surface area contributed by atoms with Crippen LogP contribution in [0.4, 0.5) is 0 Å². The largest absolute Gasteiger partial charge is 0.497 e. The van der Waals surface area contributed by atoms with E-state index in [2.05, 4.69) is 58.1 Å². The van der Waals surface area contributed by atoms with Gasteiger partial charge in [0.05, 0.1) is 23.8 Å². The minimum absolute atomic E-state index is 0.856. The predicted molar refractivity (Wildman–Crippen MR) is 93.1 cm³/mol. The first-order valence-electron chi connectivity index (χ1n) is 7.53. The molecule has 0 aliphatic rings. The molecule has 0 saturated carbocycles. The van der Waals surface area contributed by atoms with Gasteiger partial charge in [0.25, 0.3) is 0 Å². The first-order chi connectivity index (χ1) is 11.4. The fourth-order valence-corrected chi connectivity index (χ4v) is 2.86. The Labute approximate surface area is 134 Å². The van der Waals surface area contributed by atoms with Gasteiger partial charge in [0.2, 0.25) is 0 Å². The number of rotatable bonds is 3. The summed E-state index contributed by atoms with van der Waals surface area (Å²) in [5, 5.41) is 0. The van der Waals surface area contributed by atoms with Crippen molar-refractivity contribution < 1.29 is 4.74 Å². The van der Waals surface area contributed by atoms with E-state index in [4.69, 9.17) is 4.74 Å². The van der Waals surface area contributed by atoms with E-state index >= 15 is 0 Å². The highest BCUT2D eigenvalue weighted by Crippen LogP contribution is 2.31. The summed E-state index contributed by atoms with van der Waals surface area (Å²) >= 11 is 0. The van der Waals surface area contributed by atoms with Crippen LogP contribution in [-0.4, -0.2) is 16.7 Å². The molecule has 2 aromatic heterocycles. The van der Waals surface area contributed by atoms with Crippen LogP contribution in [0, 0.1) is 0 Å². The number of para-hydroxylation sites is 1. The number of hydrogen-bond acceptors (Lipinski definition) is 2. The van der Waals surface area contributed by atoms with Gasteiger partial charge in [0, 0.05) is 11.9 Å². The van der Waals surface area contributed by atoms with Crippen molar-refractivity contribution in [2.24, 2.45) is 0 Å². The van der Waals surface area contributed by atoms with E-state index in [1.54, 1.807) is 7.11 Å². The van der Waals surface area contributed by atoms with Crippen LogP contribution in [0.2, 0.25) is 0 Å². The van der Waals surface area contributed by atoms with Gasteiger partial charge in [0.1, 0.15) is 5.75 Å². The highest BCUT2D eigenvalue weighted by molar-refractivity contribution is 5.86. The number of fused-ring (bicyclic) bond motifs is 1. The average Bonchev–Trinajstić information content (AvgIpc) is 3.02. The lowest BCUT2D eigenvalue weighted by molar-refractivity contribution is 0.415. The molecule has 0 bridgehead atoms. The number of ether oxygens (including phenoxy) is 1. The van der Waals surface area contributed by atoms with Crippen molar-refractivity contribution in [3.63, 3.8) is 0 Å². The molecule has 4 rings (SSSR count). The maximum Gasteiger partial charge on any atom is 0.118 e. The highest BCUT2D eigenvalue weighted by Gasteiger charge is 2.12. The minimum Gasteiger partial charge on any atom is -0.497 e. The molecule has 0 saturated heterocycles.